The monoisotopic (exact) mass is 421 g/mol. The van der Waals surface area contributed by atoms with Crippen molar-refractivity contribution < 1.29 is 18.0 Å². The summed E-state index contributed by atoms with van der Waals surface area (Å²) in [6.45, 7) is 3.81. The van der Waals surface area contributed by atoms with Gasteiger partial charge >= 0.3 is 0 Å². The molecule has 0 saturated carbocycles. The number of amides is 2. The minimum absolute atomic E-state index is 0.0404. The Hall–Kier alpha value is -3.52. The molecule has 4 rings (SSSR count). The van der Waals surface area contributed by atoms with Crippen LogP contribution in [0.15, 0.2) is 65.7 Å². The van der Waals surface area contributed by atoms with E-state index in [1.807, 2.05) is 19.9 Å². The number of sulfonamides is 1. The van der Waals surface area contributed by atoms with Crippen LogP contribution in [0.2, 0.25) is 0 Å². The van der Waals surface area contributed by atoms with E-state index in [9.17, 15) is 18.0 Å². The van der Waals surface area contributed by atoms with Crippen LogP contribution in [0.25, 0.3) is 0 Å². The second-order valence-corrected chi connectivity index (χ2v) is 8.78. The Balaban J connectivity index is 1.53. The van der Waals surface area contributed by atoms with E-state index in [4.69, 9.17) is 0 Å². The van der Waals surface area contributed by atoms with Gasteiger partial charge < -0.3 is 0 Å². The molecule has 1 aromatic heterocycles. The maximum atomic E-state index is 12.7. The zero-order chi connectivity index (χ0) is 21.5. The zero-order valence-electron chi connectivity index (χ0n) is 16.4. The summed E-state index contributed by atoms with van der Waals surface area (Å²) >= 11 is 0. The lowest BCUT2D eigenvalue weighted by Crippen LogP contribution is -2.29. The van der Waals surface area contributed by atoms with Crippen LogP contribution in [0.1, 0.15) is 37.5 Å². The number of pyridine rings is 1. The van der Waals surface area contributed by atoms with E-state index in [2.05, 4.69) is 9.71 Å². The molecule has 0 bridgehead atoms. The predicted octanol–water partition coefficient (Wildman–Crippen LogP) is 3.30. The smallest absolute Gasteiger partial charge is 0.279 e. The lowest BCUT2D eigenvalue weighted by atomic mass is 10.1. The second-order valence-electron chi connectivity index (χ2n) is 7.09. The van der Waals surface area contributed by atoms with E-state index in [1.54, 1.807) is 36.4 Å². The predicted molar refractivity (Wildman–Crippen MR) is 112 cm³/mol. The topological polar surface area (TPSA) is 96.4 Å². The summed E-state index contributed by atoms with van der Waals surface area (Å²) in [5.41, 5.74) is 3.42. The molecule has 0 saturated heterocycles. The van der Waals surface area contributed by atoms with Gasteiger partial charge in [-0.05, 0) is 60.9 Å². The molecule has 1 aliphatic rings. The highest BCUT2D eigenvalue weighted by Crippen LogP contribution is 2.24. The van der Waals surface area contributed by atoms with Crippen molar-refractivity contribution in [3.63, 3.8) is 0 Å². The standard InChI is InChI=1S/C22H19N3O4S/c1-14-5-3-7-19(15(14)2)24-30(28,29)17-10-8-16(9-11-17)13-25-21(26)18-6-4-12-23-20(18)22(25)27/h3-12,24H,13H2,1-2H3. The number of hydrogen-bond acceptors (Lipinski definition) is 5. The summed E-state index contributed by atoms with van der Waals surface area (Å²) in [5, 5.41) is 0. The van der Waals surface area contributed by atoms with Crippen LogP contribution in [-0.4, -0.2) is 30.1 Å². The Morgan fingerprint density at radius 3 is 2.37 bits per heavy atom. The van der Waals surface area contributed by atoms with Crippen molar-refractivity contribution in [2.24, 2.45) is 0 Å². The van der Waals surface area contributed by atoms with E-state index in [1.165, 1.54) is 18.3 Å². The third-order valence-electron chi connectivity index (χ3n) is 5.15. The van der Waals surface area contributed by atoms with Crippen molar-refractivity contribution in [1.82, 2.24) is 9.88 Å². The third-order valence-corrected chi connectivity index (χ3v) is 6.54. The molecule has 152 valence electrons. The van der Waals surface area contributed by atoms with E-state index in [0.717, 1.165) is 16.0 Å². The number of aryl methyl sites for hydroxylation is 1. The SMILES string of the molecule is Cc1cccc(NS(=O)(=O)c2ccc(CN3C(=O)c4cccnc4C3=O)cc2)c1C. The Morgan fingerprint density at radius 1 is 0.933 bits per heavy atom. The highest BCUT2D eigenvalue weighted by atomic mass is 32.2. The molecule has 0 aliphatic carbocycles. The van der Waals surface area contributed by atoms with Crippen LogP contribution in [0, 0.1) is 13.8 Å². The van der Waals surface area contributed by atoms with E-state index < -0.39 is 21.8 Å². The minimum atomic E-state index is -3.77. The van der Waals surface area contributed by atoms with Crippen molar-refractivity contribution >= 4 is 27.5 Å². The Kier molecular flexibility index (Phi) is 4.87. The fourth-order valence-electron chi connectivity index (χ4n) is 3.28. The number of imide groups is 1. The largest absolute Gasteiger partial charge is 0.280 e. The van der Waals surface area contributed by atoms with Crippen LogP contribution >= 0.6 is 0 Å². The van der Waals surface area contributed by atoms with Crippen molar-refractivity contribution in [3.05, 3.63) is 88.7 Å². The van der Waals surface area contributed by atoms with Crippen molar-refractivity contribution in [3.8, 4) is 0 Å². The van der Waals surface area contributed by atoms with Gasteiger partial charge in [-0.3, -0.25) is 24.2 Å². The molecular formula is C22H19N3O4S. The van der Waals surface area contributed by atoms with E-state index >= 15 is 0 Å². The maximum Gasteiger partial charge on any atom is 0.280 e. The number of aromatic nitrogens is 1. The van der Waals surface area contributed by atoms with Gasteiger partial charge in [0.25, 0.3) is 21.8 Å². The Morgan fingerprint density at radius 2 is 1.67 bits per heavy atom. The number of benzene rings is 2. The Labute approximate surface area is 174 Å². The van der Waals surface area contributed by atoms with Gasteiger partial charge in [0, 0.05) is 6.20 Å². The summed E-state index contributed by atoms with van der Waals surface area (Å²) < 4.78 is 28.1. The molecule has 1 aliphatic heterocycles. The van der Waals surface area contributed by atoms with Gasteiger partial charge in [-0.2, -0.15) is 0 Å². The first-order valence-electron chi connectivity index (χ1n) is 9.27. The Bertz CT molecular complexity index is 1230. The molecule has 0 atom stereocenters. The minimum Gasteiger partial charge on any atom is -0.279 e. The first-order chi connectivity index (χ1) is 14.3. The summed E-state index contributed by atoms with van der Waals surface area (Å²) in [5.74, 6) is -0.861. The molecule has 2 aromatic carbocycles. The van der Waals surface area contributed by atoms with Crippen LogP contribution in [0.5, 0.6) is 0 Å². The first kappa shape index (κ1) is 19.8. The molecule has 1 N–H and O–H groups in total. The van der Waals surface area contributed by atoms with Gasteiger partial charge in [0.05, 0.1) is 22.7 Å². The quantitative estimate of drug-likeness (QED) is 0.638. The number of carbonyl (C=O) groups is 2. The van der Waals surface area contributed by atoms with Crippen molar-refractivity contribution in [1.29, 1.82) is 0 Å². The molecule has 30 heavy (non-hydrogen) atoms. The molecule has 0 radical (unpaired) electrons. The molecule has 2 heterocycles. The molecule has 0 spiro atoms. The fourth-order valence-corrected chi connectivity index (χ4v) is 4.40. The summed E-state index contributed by atoms with van der Waals surface area (Å²) in [4.78, 5) is 30.1. The molecule has 0 fully saturated rings. The number of nitrogens with zero attached hydrogens (tertiary/aromatic N) is 2. The van der Waals surface area contributed by atoms with Gasteiger partial charge in [-0.1, -0.05) is 24.3 Å². The first-order valence-corrected chi connectivity index (χ1v) is 10.8. The molecule has 2 amide bonds. The van der Waals surface area contributed by atoms with E-state index in [-0.39, 0.29) is 22.7 Å². The lowest BCUT2D eigenvalue weighted by molar-refractivity contribution is 0.0640. The average Bonchev–Trinajstić information content (AvgIpc) is 2.97. The highest BCUT2D eigenvalue weighted by molar-refractivity contribution is 7.92. The molecule has 8 heteroatoms. The van der Waals surface area contributed by atoms with Gasteiger partial charge in [-0.25, -0.2) is 8.42 Å². The number of fused-ring (bicyclic) bond motifs is 1. The highest BCUT2D eigenvalue weighted by Gasteiger charge is 2.36. The van der Waals surface area contributed by atoms with Gasteiger partial charge in [-0.15, -0.1) is 0 Å². The molecule has 3 aromatic rings. The van der Waals surface area contributed by atoms with Gasteiger partial charge in [0.1, 0.15) is 5.69 Å². The van der Waals surface area contributed by atoms with Gasteiger partial charge in [0.15, 0.2) is 0 Å². The number of carbonyl (C=O) groups excluding carboxylic acids is 2. The third kappa shape index (κ3) is 3.46. The van der Waals surface area contributed by atoms with E-state index in [0.29, 0.717) is 11.3 Å². The second kappa shape index (κ2) is 7.38. The van der Waals surface area contributed by atoms with Gasteiger partial charge in [0.2, 0.25) is 0 Å². The fraction of sp³-hybridized carbons (Fsp3) is 0.136. The molecule has 0 unspecified atom stereocenters. The summed E-state index contributed by atoms with van der Waals surface area (Å²) in [7, 11) is -3.77. The zero-order valence-corrected chi connectivity index (χ0v) is 17.2. The average molecular weight is 421 g/mol. The van der Waals surface area contributed by atoms with Crippen LogP contribution < -0.4 is 4.72 Å². The maximum absolute atomic E-state index is 12.7. The van der Waals surface area contributed by atoms with Crippen LogP contribution in [-0.2, 0) is 16.6 Å². The van der Waals surface area contributed by atoms with Crippen molar-refractivity contribution in [2.45, 2.75) is 25.3 Å². The molecule has 7 nitrogen and oxygen atoms in total. The summed E-state index contributed by atoms with van der Waals surface area (Å²) in [6.07, 6.45) is 1.47. The molecular weight excluding hydrogens is 402 g/mol. The van der Waals surface area contributed by atoms with Crippen molar-refractivity contribution in [2.75, 3.05) is 4.72 Å². The van der Waals surface area contributed by atoms with Crippen LogP contribution in [0.3, 0.4) is 0 Å². The summed E-state index contributed by atoms with van der Waals surface area (Å²) in [6, 6.07) is 14.7. The lowest BCUT2D eigenvalue weighted by Gasteiger charge is -2.15. The number of rotatable bonds is 5. The number of nitrogens with one attached hydrogen (secondary N) is 1. The number of hydrogen-bond donors (Lipinski definition) is 1. The normalized spacial score (nSPS) is 13.5. The number of anilines is 1. The van der Waals surface area contributed by atoms with Crippen LogP contribution in [0.4, 0.5) is 5.69 Å².